The third kappa shape index (κ3) is 2.22. The highest BCUT2D eigenvalue weighted by Crippen LogP contribution is 2.40. The second-order valence-corrected chi connectivity index (χ2v) is 6.47. The summed E-state index contributed by atoms with van der Waals surface area (Å²) < 4.78 is 0. The number of rotatable bonds is 2. The Balaban J connectivity index is 1.85. The topological polar surface area (TPSA) is 58.0 Å². The second-order valence-electron chi connectivity index (χ2n) is 5.05. The fourth-order valence-electron chi connectivity index (χ4n) is 2.74. The highest BCUT2D eigenvalue weighted by molar-refractivity contribution is 7.19. The van der Waals surface area contributed by atoms with Gasteiger partial charge in [-0.15, -0.1) is 11.3 Å². The van der Waals surface area contributed by atoms with Crippen molar-refractivity contribution in [1.29, 1.82) is 0 Å². The SMILES string of the molecule is Oc1ccc(Nc2nc(Cl)nc3sc4c(c23)CCC4)cc1. The molecule has 2 aromatic heterocycles. The highest BCUT2D eigenvalue weighted by Gasteiger charge is 2.22. The molecule has 0 saturated heterocycles. The molecule has 6 heteroatoms. The van der Waals surface area contributed by atoms with E-state index >= 15 is 0 Å². The number of nitrogens with one attached hydrogen (secondary N) is 1. The fraction of sp³-hybridized carbons (Fsp3) is 0.200. The predicted octanol–water partition coefficient (Wildman–Crippen LogP) is 4.28. The minimum absolute atomic E-state index is 0.239. The molecule has 0 radical (unpaired) electrons. The maximum absolute atomic E-state index is 9.36. The zero-order valence-corrected chi connectivity index (χ0v) is 12.6. The lowest BCUT2D eigenvalue weighted by molar-refractivity contribution is 0.475. The van der Waals surface area contributed by atoms with Crippen LogP contribution >= 0.6 is 22.9 Å². The van der Waals surface area contributed by atoms with Gasteiger partial charge in [0.2, 0.25) is 5.28 Å². The second kappa shape index (κ2) is 4.86. The Labute approximate surface area is 130 Å². The van der Waals surface area contributed by atoms with Crippen molar-refractivity contribution in [3.63, 3.8) is 0 Å². The van der Waals surface area contributed by atoms with Crippen LogP contribution in [-0.2, 0) is 12.8 Å². The van der Waals surface area contributed by atoms with E-state index in [4.69, 9.17) is 11.6 Å². The molecule has 1 aliphatic rings. The average Bonchev–Trinajstić information content (AvgIpc) is 3.01. The Morgan fingerprint density at radius 2 is 1.95 bits per heavy atom. The van der Waals surface area contributed by atoms with Gasteiger partial charge in [0, 0.05) is 10.6 Å². The Morgan fingerprint density at radius 3 is 2.76 bits per heavy atom. The molecule has 0 aliphatic heterocycles. The van der Waals surface area contributed by atoms with Crippen LogP contribution in [-0.4, -0.2) is 15.1 Å². The van der Waals surface area contributed by atoms with E-state index in [1.165, 1.54) is 16.9 Å². The number of phenols is 1. The normalized spacial score (nSPS) is 13.6. The van der Waals surface area contributed by atoms with Crippen LogP contribution in [0.2, 0.25) is 5.28 Å². The molecule has 4 rings (SSSR count). The number of nitrogens with zero attached hydrogens (tertiary/aromatic N) is 2. The van der Waals surface area contributed by atoms with Crippen molar-refractivity contribution in [3.8, 4) is 5.75 Å². The number of aryl methyl sites for hydroxylation is 2. The van der Waals surface area contributed by atoms with Gasteiger partial charge in [0.1, 0.15) is 16.4 Å². The molecule has 106 valence electrons. The lowest BCUT2D eigenvalue weighted by Crippen LogP contribution is -1.97. The van der Waals surface area contributed by atoms with Gasteiger partial charge in [-0.25, -0.2) is 4.98 Å². The number of aromatic hydroxyl groups is 1. The van der Waals surface area contributed by atoms with Crippen molar-refractivity contribution >= 4 is 44.7 Å². The number of anilines is 2. The van der Waals surface area contributed by atoms with E-state index in [-0.39, 0.29) is 11.0 Å². The summed E-state index contributed by atoms with van der Waals surface area (Å²) in [6, 6.07) is 6.90. The molecule has 0 unspecified atom stereocenters. The molecule has 4 nitrogen and oxygen atoms in total. The van der Waals surface area contributed by atoms with Gasteiger partial charge in [-0.05, 0) is 60.7 Å². The molecule has 2 heterocycles. The molecule has 0 amide bonds. The van der Waals surface area contributed by atoms with Gasteiger partial charge in [0.05, 0.1) is 5.39 Å². The average molecular weight is 318 g/mol. The molecular formula is C15H12ClN3OS. The maximum atomic E-state index is 9.36. The first kappa shape index (κ1) is 12.9. The Morgan fingerprint density at radius 1 is 1.14 bits per heavy atom. The number of hydrogen-bond acceptors (Lipinski definition) is 5. The van der Waals surface area contributed by atoms with Gasteiger partial charge in [-0.3, -0.25) is 0 Å². The van der Waals surface area contributed by atoms with Crippen molar-refractivity contribution in [2.75, 3.05) is 5.32 Å². The molecule has 2 N–H and O–H groups in total. The Kier molecular flexibility index (Phi) is 2.97. The molecule has 21 heavy (non-hydrogen) atoms. The van der Waals surface area contributed by atoms with Crippen molar-refractivity contribution in [2.24, 2.45) is 0 Å². The standard InChI is InChI=1S/C15H12ClN3OS/c16-15-18-13(17-8-4-6-9(20)7-5-8)12-10-2-1-3-11(10)21-14(12)19-15/h4-7,20H,1-3H2,(H,17,18,19). The molecule has 1 aliphatic carbocycles. The number of thiophene rings is 1. The first-order valence-corrected chi connectivity index (χ1v) is 7.94. The first-order chi connectivity index (χ1) is 10.2. The van der Waals surface area contributed by atoms with Gasteiger partial charge in [0.15, 0.2) is 0 Å². The van der Waals surface area contributed by atoms with Crippen LogP contribution in [0.3, 0.4) is 0 Å². The van der Waals surface area contributed by atoms with E-state index in [9.17, 15) is 5.11 Å². The first-order valence-electron chi connectivity index (χ1n) is 6.74. The molecule has 3 aromatic rings. The van der Waals surface area contributed by atoms with Crippen molar-refractivity contribution in [1.82, 2.24) is 9.97 Å². The number of phenolic OH excluding ortho intramolecular Hbond substituents is 1. The Bertz CT molecular complexity index is 829. The number of benzene rings is 1. The summed E-state index contributed by atoms with van der Waals surface area (Å²) in [5.41, 5.74) is 2.22. The van der Waals surface area contributed by atoms with Crippen molar-refractivity contribution in [2.45, 2.75) is 19.3 Å². The van der Waals surface area contributed by atoms with Crippen molar-refractivity contribution < 1.29 is 5.11 Å². The van der Waals surface area contributed by atoms with Crippen LogP contribution in [0.15, 0.2) is 24.3 Å². The van der Waals surface area contributed by atoms with E-state index in [1.54, 1.807) is 23.5 Å². The van der Waals surface area contributed by atoms with Gasteiger partial charge in [0.25, 0.3) is 0 Å². The number of halogens is 1. The van der Waals surface area contributed by atoms with Crippen molar-refractivity contribution in [3.05, 3.63) is 40.0 Å². The van der Waals surface area contributed by atoms with Gasteiger partial charge in [-0.1, -0.05) is 0 Å². The van der Waals surface area contributed by atoms with Gasteiger partial charge in [-0.2, -0.15) is 4.98 Å². The van der Waals surface area contributed by atoms with E-state index < -0.39 is 0 Å². The number of aromatic nitrogens is 2. The quantitative estimate of drug-likeness (QED) is 0.547. The highest BCUT2D eigenvalue weighted by atomic mass is 35.5. The predicted molar refractivity (Wildman–Crippen MR) is 85.8 cm³/mol. The number of hydrogen-bond donors (Lipinski definition) is 2. The molecule has 0 saturated carbocycles. The maximum Gasteiger partial charge on any atom is 0.225 e. The molecule has 0 bridgehead atoms. The van der Waals surface area contributed by atoms with Crippen LogP contribution in [0.25, 0.3) is 10.2 Å². The molecule has 0 fully saturated rings. The summed E-state index contributed by atoms with van der Waals surface area (Å²) in [5.74, 6) is 0.984. The van der Waals surface area contributed by atoms with Crippen LogP contribution in [0.1, 0.15) is 16.9 Å². The zero-order chi connectivity index (χ0) is 14.4. The number of fused-ring (bicyclic) bond motifs is 3. The smallest absolute Gasteiger partial charge is 0.225 e. The largest absolute Gasteiger partial charge is 0.508 e. The summed E-state index contributed by atoms with van der Waals surface area (Å²) >= 11 is 7.75. The molecule has 0 atom stereocenters. The van der Waals surface area contributed by atoms with Crippen LogP contribution in [0.4, 0.5) is 11.5 Å². The lowest BCUT2D eigenvalue weighted by Gasteiger charge is -2.08. The lowest BCUT2D eigenvalue weighted by atomic mass is 10.2. The summed E-state index contributed by atoms with van der Waals surface area (Å²) in [6.07, 6.45) is 3.38. The van der Waals surface area contributed by atoms with E-state index in [0.29, 0.717) is 0 Å². The Hall–Kier alpha value is -1.85. The monoisotopic (exact) mass is 317 g/mol. The molecular weight excluding hydrogens is 306 g/mol. The minimum atomic E-state index is 0.239. The van der Waals surface area contributed by atoms with E-state index in [2.05, 4.69) is 15.3 Å². The van der Waals surface area contributed by atoms with Gasteiger partial charge < -0.3 is 10.4 Å². The molecule has 1 aromatic carbocycles. The summed E-state index contributed by atoms with van der Waals surface area (Å²) in [4.78, 5) is 11.0. The third-order valence-corrected chi connectivity index (χ3v) is 5.02. The van der Waals surface area contributed by atoms with Crippen LogP contribution in [0.5, 0.6) is 5.75 Å². The van der Waals surface area contributed by atoms with Crippen LogP contribution in [0, 0.1) is 0 Å². The zero-order valence-electron chi connectivity index (χ0n) is 11.1. The van der Waals surface area contributed by atoms with Gasteiger partial charge >= 0.3 is 0 Å². The summed E-state index contributed by atoms with van der Waals surface area (Å²) in [5, 5.41) is 14.0. The summed E-state index contributed by atoms with van der Waals surface area (Å²) in [6.45, 7) is 0. The fourth-order valence-corrected chi connectivity index (χ4v) is 4.22. The third-order valence-electron chi connectivity index (χ3n) is 3.67. The van der Waals surface area contributed by atoms with E-state index in [0.717, 1.165) is 34.6 Å². The van der Waals surface area contributed by atoms with Crippen LogP contribution < -0.4 is 5.32 Å². The van der Waals surface area contributed by atoms with E-state index in [1.807, 2.05) is 12.1 Å². The summed E-state index contributed by atoms with van der Waals surface area (Å²) in [7, 11) is 0. The molecule has 0 spiro atoms. The minimum Gasteiger partial charge on any atom is -0.508 e.